The summed E-state index contributed by atoms with van der Waals surface area (Å²) in [4.78, 5) is 13.5. The van der Waals surface area contributed by atoms with Crippen LogP contribution in [0.5, 0.6) is 0 Å². The summed E-state index contributed by atoms with van der Waals surface area (Å²) in [6.07, 6.45) is 4.01. The molecule has 7 heteroatoms. The molecule has 2 atom stereocenters. The molecule has 1 rings (SSSR count). The minimum atomic E-state index is -3.19. The molecule has 0 aromatic rings. The molecule has 0 bridgehead atoms. The number of nitrogens with one attached hydrogen (secondary N) is 1. The SMILES string of the molecule is CC(Br)C(=O)N1CCCCC1CNS(C)(=O)=O. The molecule has 100 valence electrons. The van der Waals surface area contributed by atoms with E-state index in [9.17, 15) is 13.2 Å². The van der Waals surface area contributed by atoms with Gasteiger partial charge in [0, 0.05) is 19.1 Å². The minimum Gasteiger partial charge on any atom is -0.337 e. The van der Waals surface area contributed by atoms with Gasteiger partial charge in [-0.15, -0.1) is 0 Å². The Morgan fingerprint density at radius 1 is 1.53 bits per heavy atom. The lowest BCUT2D eigenvalue weighted by Crippen LogP contribution is -2.51. The summed E-state index contributed by atoms with van der Waals surface area (Å²) >= 11 is 3.26. The monoisotopic (exact) mass is 326 g/mol. The van der Waals surface area contributed by atoms with Crippen LogP contribution in [0.25, 0.3) is 0 Å². The van der Waals surface area contributed by atoms with Crippen LogP contribution in [0.15, 0.2) is 0 Å². The second kappa shape index (κ2) is 6.15. The van der Waals surface area contributed by atoms with E-state index >= 15 is 0 Å². The van der Waals surface area contributed by atoms with E-state index in [-0.39, 0.29) is 16.8 Å². The number of amides is 1. The first-order valence-corrected chi connectivity index (χ1v) is 8.51. The third-order valence-corrected chi connectivity index (χ3v) is 3.91. The molecule has 0 aromatic carbocycles. The topological polar surface area (TPSA) is 66.5 Å². The van der Waals surface area contributed by atoms with Gasteiger partial charge in [0.25, 0.3) is 0 Å². The van der Waals surface area contributed by atoms with E-state index in [1.807, 2.05) is 0 Å². The van der Waals surface area contributed by atoms with Gasteiger partial charge in [0.05, 0.1) is 11.1 Å². The van der Waals surface area contributed by atoms with Crippen molar-refractivity contribution in [1.82, 2.24) is 9.62 Å². The maximum Gasteiger partial charge on any atom is 0.236 e. The van der Waals surface area contributed by atoms with Crippen molar-refractivity contribution in [3.8, 4) is 0 Å². The number of alkyl halides is 1. The number of sulfonamides is 1. The van der Waals surface area contributed by atoms with Gasteiger partial charge in [0.15, 0.2) is 0 Å². The predicted octanol–water partition coefficient (Wildman–Crippen LogP) is 0.700. The van der Waals surface area contributed by atoms with Gasteiger partial charge in [-0.05, 0) is 26.2 Å². The lowest BCUT2D eigenvalue weighted by molar-refractivity contribution is -0.133. The Morgan fingerprint density at radius 3 is 2.71 bits per heavy atom. The highest BCUT2D eigenvalue weighted by Gasteiger charge is 2.28. The number of likely N-dealkylation sites (tertiary alicyclic amines) is 1. The zero-order valence-electron chi connectivity index (χ0n) is 10.1. The van der Waals surface area contributed by atoms with Gasteiger partial charge in [-0.1, -0.05) is 15.9 Å². The molecule has 5 nitrogen and oxygen atoms in total. The molecule has 0 spiro atoms. The van der Waals surface area contributed by atoms with Crippen molar-refractivity contribution in [3.05, 3.63) is 0 Å². The predicted molar refractivity (Wildman–Crippen MR) is 70.6 cm³/mol. The first-order valence-electron chi connectivity index (χ1n) is 5.70. The summed E-state index contributed by atoms with van der Waals surface area (Å²) in [7, 11) is -3.19. The Bertz CT molecular complexity index is 370. The maximum atomic E-state index is 11.9. The summed E-state index contributed by atoms with van der Waals surface area (Å²) < 4.78 is 24.6. The van der Waals surface area contributed by atoms with Crippen molar-refractivity contribution in [2.45, 2.75) is 37.1 Å². The van der Waals surface area contributed by atoms with Crippen LogP contribution in [0.1, 0.15) is 26.2 Å². The van der Waals surface area contributed by atoms with Gasteiger partial charge < -0.3 is 4.90 Å². The highest BCUT2D eigenvalue weighted by Crippen LogP contribution is 2.19. The van der Waals surface area contributed by atoms with E-state index in [0.29, 0.717) is 13.1 Å². The Labute approximate surface area is 111 Å². The van der Waals surface area contributed by atoms with E-state index in [2.05, 4.69) is 20.7 Å². The first kappa shape index (κ1) is 14.9. The molecule has 1 aliphatic rings. The van der Waals surface area contributed by atoms with Gasteiger partial charge in [0.2, 0.25) is 15.9 Å². The van der Waals surface area contributed by atoms with Gasteiger partial charge in [-0.25, -0.2) is 13.1 Å². The van der Waals surface area contributed by atoms with Crippen LogP contribution in [-0.4, -0.2) is 49.4 Å². The Hall–Kier alpha value is -0.140. The quantitative estimate of drug-likeness (QED) is 0.773. The fraction of sp³-hybridized carbons (Fsp3) is 0.900. The molecule has 0 radical (unpaired) electrons. The number of rotatable bonds is 4. The molecule has 2 unspecified atom stereocenters. The lowest BCUT2D eigenvalue weighted by Gasteiger charge is -2.36. The normalized spacial score (nSPS) is 23.5. The fourth-order valence-corrected chi connectivity index (χ4v) is 2.74. The van der Waals surface area contributed by atoms with Gasteiger partial charge in [-0.3, -0.25) is 4.79 Å². The van der Waals surface area contributed by atoms with Crippen molar-refractivity contribution in [2.75, 3.05) is 19.3 Å². The fourth-order valence-electron chi connectivity index (χ4n) is 1.98. The van der Waals surface area contributed by atoms with E-state index in [0.717, 1.165) is 25.5 Å². The molecule has 1 amide bonds. The molecule has 1 saturated heterocycles. The summed E-state index contributed by atoms with van der Waals surface area (Å²) in [5.74, 6) is 0.0324. The summed E-state index contributed by atoms with van der Waals surface area (Å²) in [6, 6.07) is -0.0222. The Balaban J connectivity index is 2.63. The molecule has 0 aromatic heterocycles. The smallest absolute Gasteiger partial charge is 0.236 e. The van der Waals surface area contributed by atoms with Crippen molar-refractivity contribution >= 4 is 31.9 Å². The first-order chi connectivity index (χ1) is 7.81. The molecule has 1 N–H and O–H groups in total. The summed E-state index contributed by atoms with van der Waals surface area (Å²) in [5, 5.41) is 0. The number of halogens is 1. The molecule has 1 heterocycles. The van der Waals surface area contributed by atoms with Crippen LogP contribution in [0.4, 0.5) is 0 Å². The Kier molecular flexibility index (Phi) is 5.40. The van der Waals surface area contributed by atoms with Gasteiger partial charge in [-0.2, -0.15) is 0 Å². The zero-order chi connectivity index (χ0) is 13.1. The van der Waals surface area contributed by atoms with Crippen molar-refractivity contribution in [3.63, 3.8) is 0 Å². The van der Waals surface area contributed by atoms with Crippen LogP contribution in [0.3, 0.4) is 0 Å². The van der Waals surface area contributed by atoms with Crippen LogP contribution < -0.4 is 4.72 Å². The van der Waals surface area contributed by atoms with Gasteiger partial charge >= 0.3 is 0 Å². The third kappa shape index (κ3) is 4.93. The highest BCUT2D eigenvalue weighted by molar-refractivity contribution is 9.10. The Morgan fingerprint density at radius 2 is 2.18 bits per heavy atom. The van der Waals surface area contributed by atoms with Gasteiger partial charge in [0.1, 0.15) is 0 Å². The third-order valence-electron chi connectivity index (χ3n) is 2.83. The lowest BCUT2D eigenvalue weighted by atomic mass is 10.0. The second-order valence-corrected chi connectivity index (χ2v) is 7.62. The largest absolute Gasteiger partial charge is 0.337 e. The van der Waals surface area contributed by atoms with Crippen molar-refractivity contribution < 1.29 is 13.2 Å². The molecule has 1 fully saturated rings. The molecule has 0 aliphatic carbocycles. The van der Waals surface area contributed by atoms with Crippen LogP contribution in [0, 0.1) is 0 Å². The van der Waals surface area contributed by atoms with Crippen LogP contribution in [0.2, 0.25) is 0 Å². The summed E-state index contributed by atoms with van der Waals surface area (Å²) in [5.41, 5.74) is 0. The van der Waals surface area contributed by atoms with Crippen LogP contribution >= 0.6 is 15.9 Å². The minimum absolute atomic E-state index is 0.0222. The number of hydrogen-bond donors (Lipinski definition) is 1. The maximum absolute atomic E-state index is 11.9. The number of nitrogens with zero attached hydrogens (tertiary/aromatic N) is 1. The van der Waals surface area contributed by atoms with Crippen LogP contribution in [-0.2, 0) is 14.8 Å². The standard InChI is InChI=1S/C10H19BrN2O3S/c1-8(11)10(14)13-6-4-3-5-9(13)7-12-17(2,15)16/h8-9,12H,3-7H2,1-2H3. The van der Waals surface area contributed by atoms with E-state index in [1.54, 1.807) is 11.8 Å². The zero-order valence-corrected chi connectivity index (χ0v) is 12.6. The average molecular weight is 327 g/mol. The summed E-state index contributed by atoms with van der Waals surface area (Å²) in [6.45, 7) is 2.81. The number of hydrogen-bond acceptors (Lipinski definition) is 3. The molecular formula is C10H19BrN2O3S. The van der Waals surface area contributed by atoms with E-state index in [4.69, 9.17) is 0 Å². The van der Waals surface area contributed by atoms with E-state index in [1.165, 1.54) is 0 Å². The molecule has 17 heavy (non-hydrogen) atoms. The number of carbonyl (C=O) groups is 1. The molecular weight excluding hydrogens is 308 g/mol. The van der Waals surface area contributed by atoms with Crippen molar-refractivity contribution in [1.29, 1.82) is 0 Å². The highest BCUT2D eigenvalue weighted by atomic mass is 79.9. The second-order valence-electron chi connectivity index (χ2n) is 4.42. The van der Waals surface area contributed by atoms with Crippen molar-refractivity contribution in [2.24, 2.45) is 0 Å². The number of piperidine rings is 1. The molecule has 0 saturated carbocycles. The average Bonchev–Trinajstić information content (AvgIpc) is 2.24. The number of carbonyl (C=O) groups excluding carboxylic acids is 1. The molecule has 1 aliphatic heterocycles. The van der Waals surface area contributed by atoms with E-state index < -0.39 is 10.0 Å².